The molecule has 0 fully saturated rings. The van der Waals surface area contributed by atoms with Crippen LogP contribution in [0, 0.1) is 0 Å². The van der Waals surface area contributed by atoms with Gasteiger partial charge in [-0.1, -0.05) is 0 Å². The Kier molecular flexibility index (Phi) is 0.887. The second kappa shape index (κ2) is 1.70. The Morgan fingerprint density at radius 3 is 3.20 bits per heavy atom. The first-order valence-corrected chi connectivity index (χ1v) is 2.83. The summed E-state index contributed by atoms with van der Waals surface area (Å²) >= 11 is 0. The lowest BCUT2D eigenvalue weighted by Gasteiger charge is -1.90. The number of nitrogens with zero attached hydrogens (tertiary/aromatic N) is 3. The van der Waals surface area contributed by atoms with Crippen LogP contribution in [-0.4, -0.2) is 19.7 Å². The van der Waals surface area contributed by atoms with Crippen LogP contribution in [0.1, 0.15) is 0 Å². The number of fused-ring (bicyclic) bond motifs is 1. The van der Waals surface area contributed by atoms with Gasteiger partial charge in [-0.2, -0.15) is 5.10 Å². The third-order valence-electron chi connectivity index (χ3n) is 1.26. The van der Waals surface area contributed by atoms with Crippen LogP contribution in [0.15, 0.2) is 24.8 Å². The summed E-state index contributed by atoms with van der Waals surface area (Å²) in [5.41, 5.74) is 0.792. The first-order chi connectivity index (χ1) is 4.86. The standard InChI is InChI=1S/C6H5N3O/c10-6-1-5-2-7-4-9(5)8-3-6/h1-4,10H. The summed E-state index contributed by atoms with van der Waals surface area (Å²) in [5.74, 6) is 0.160. The zero-order valence-corrected chi connectivity index (χ0v) is 5.10. The molecule has 0 radical (unpaired) electrons. The predicted octanol–water partition coefficient (Wildman–Crippen LogP) is 0.435. The third kappa shape index (κ3) is 0.621. The number of aromatic nitrogens is 3. The van der Waals surface area contributed by atoms with Gasteiger partial charge < -0.3 is 5.11 Å². The highest BCUT2D eigenvalue weighted by molar-refractivity contribution is 5.46. The second-order valence-corrected chi connectivity index (χ2v) is 1.98. The molecule has 0 aliphatic carbocycles. The van der Waals surface area contributed by atoms with Crippen molar-refractivity contribution in [3.05, 3.63) is 24.8 Å². The molecule has 0 aliphatic rings. The molecule has 0 aliphatic heterocycles. The normalized spacial score (nSPS) is 10.4. The third-order valence-corrected chi connectivity index (χ3v) is 1.26. The van der Waals surface area contributed by atoms with Gasteiger partial charge in [-0.3, -0.25) is 0 Å². The molecular weight excluding hydrogens is 130 g/mol. The minimum Gasteiger partial charge on any atom is -0.506 e. The van der Waals surface area contributed by atoms with Gasteiger partial charge in [0.1, 0.15) is 12.1 Å². The molecule has 0 saturated heterocycles. The Labute approximate surface area is 56.8 Å². The van der Waals surface area contributed by atoms with Crippen LogP contribution in [0.2, 0.25) is 0 Å². The Morgan fingerprint density at radius 2 is 2.30 bits per heavy atom. The fourth-order valence-corrected chi connectivity index (χ4v) is 0.809. The zero-order valence-electron chi connectivity index (χ0n) is 5.10. The maximum absolute atomic E-state index is 8.94. The molecule has 4 heteroatoms. The number of aromatic hydroxyl groups is 1. The van der Waals surface area contributed by atoms with Gasteiger partial charge in [0.15, 0.2) is 0 Å². The summed E-state index contributed by atoms with van der Waals surface area (Å²) in [6, 6.07) is 1.60. The lowest BCUT2D eigenvalue weighted by Crippen LogP contribution is -1.85. The van der Waals surface area contributed by atoms with Gasteiger partial charge >= 0.3 is 0 Å². The van der Waals surface area contributed by atoms with E-state index in [1.165, 1.54) is 6.20 Å². The number of hydrogen-bond donors (Lipinski definition) is 1. The molecule has 0 atom stereocenters. The van der Waals surface area contributed by atoms with Crippen LogP contribution in [-0.2, 0) is 0 Å². The lowest BCUT2D eigenvalue weighted by molar-refractivity contribution is 0.471. The average molecular weight is 135 g/mol. The van der Waals surface area contributed by atoms with Crippen LogP contribution in [0.5, 0.6) is 5.75 Å². The molecule has 2 rings (SSSR count). The molecule has 1 N–H and O–H groups in total. The zero-order chi connectivity index (χ0) is 6.97. The van der Waals surface area contributed by atoms with E-state index in [9.17, 15) is 0 Å². The van der Waals surface area contributed by atoms with Gasteiger partial charge in [0.25, 0.3) is 0 Å². The molecule has 0 aromatic carbocycles. The van der Waals surface area contributed by atoms with E-state index in [4.69, 9.17) is 5.11 Å². The van der Waals surface area contributed by atoms with E-state index in [-0.39, 0.29) is 5.75 Å². The summed E-state index contributed by atoms with van der Waals surface area (Å²) in [6.07, 6.45) is 4.58. The van der Waals surface area contributed by atoms with E-state index in [1.807, 2.05) is 0 Å². The first kappa shape index (κ1) is 5.22. The quantitative estimate of drug-likeness (QED) is 0.570. The van der Waals surface area contributed by atoms with E-state index in [0.29, 0.717) is 0 Å². The molecule has 0 spiro atoms. The number of imidazole rings is 1. The van der Waals surface area contributed by atoms with E-state index in [0.717, 1.165) is 5.52 Å². The molecule has 2 aromatic rings. The van der Waals surface area contributed by atoms with Crippen LogP contribution in [0.4, 0.5) is 0 Å². The average Bonchev–Trinajstić information content (AvgIpc) is 2.33. The smallest absolute Gasteiger partial charge is 0.137 e. The van der Waals surface area contributed by atoms with Crippen LogP contribution in [0.25, 0.3) is 5.52 Å². The van der Waals surface area contributed by atoms with Crippen LogP contribution >= 0.6 is 0 Å². The van der Waals surface area contributed by atoms with Crippen molar-refractivity contribution in [3.8, 4) is 5.75 Å². The Balaban J connectivity index is 2.86. The molecule has 0 amide bonds. The molecule has 0 bridgehead atoms. The predicted molar refractivity (Wildman–Crippen MR) is 34.7 cm³/mol. The highest BCUT2D eigenvalue weighted by atomic mass is 16.3. The van der Waals surface area contributed by atoms with Crippen molar-refractivity contribution in [2.45, 2.75) is 0 Å². The topological polar surface area (TPSA) is 50.4 Å². The number of hydrogen-bond acceptors (Lipinski definition) is 3. The van der Waals surface area contributed by atoms with Gasteiger partial charge in [-0.25, -0.2) is 9.50 Å². The van der Waals surface area contributed by atoms with Crippen molar-refractivity contribution in [1.82, 2.24) is 14.6 Å². The van der Waals surface area contributed by atoms with Gasteiger partial charge in [0, 0.05) is 6.07 Å². The van der Waals surface area contributed by atoms with Gasteiger partial charge in [0.2, 0.25) is 0 Å². The van der Waals surface area contributed by atoms with Gasteiger partial charge in [-0.05, 0) is 0 Å². The Bertz CT molecular complexity index is 355. The van der Waals surface area contributed by atoms with Gasteiger partial charge in [-0.15, -0.1) is 0 Å². The van der Waals surface area contributed by atoms with Crippen molar-refractivity contribution in [2.75, 3.05) is 0 Å². The summed E-state index contributed by atoms with van der Waals surface area (Å²) in [4.78, 5) is 3.83. The van der Waals surface area contributed by atoms with Crippen molar-refractivity contribution in [3.63, 3.8) is 0 Å². The van der Waals surface area contributed by atoms with Crippen LogP contribution in [0.3, 0.4) is 0 Å². The maximum Gasteiger partial charge on any atom is 0.137 e. The van der Waals surface area contributed by atoms with E-state index in [2.05, 4.69) is 10.1 Å². The van der Waals surface area contributed by atoms with Crippen LogP contribution < -0.4 is 0 Å². The highest BCUT2D eigenvalue weighted by Crippen LogP contribution is 2.08. The summed E-state index contributed by atoms with van der Waals surface area (Å²) in [5, 5.41) is 12.8. The minimum atomic E-state index is 0.160. The summed E-state index contributed by atoms with van der Waals surface area (Å²) in [7, 11) is 0. The highest BCUT2D eigenvalue weighted by Gasteiger charge is 1.93. The SMILES string of the molecule is Oc1cnn2cncc2c1. The van der Waals surface area contributed by atoms with E-state index in [1.54, 1.807) is 23.1 Å². The largest absolute Gasteiger partial charge is 0.506 e. The minimum absolute atomic E-state index is 0.160. The first-order valence-electron chi connectivity index (χ1n) is 2.83. The van der Waals surface area contributed by atoms with Crippen molar-refractivity contribution < 1.29 is 5.11 Å². The molecule has 10 heavy (non-hydrogen) atoms. The lowest BCUT2D eigenvalue weighted by atomic mass is 10.4. The number of rotatable bonds is 0. The second-order valence-electron chi connectivity index (χ2n) is 1.98. The maximum atomic E-state index is 8.94. The molecule has 4 nitrogen and oxygen atoms in total. The molecule has 2 aromatic heterocycles. The fraction of sp³-hybridized carbons (Fsp3) is 0. The molecule has 0 saturated carbocycles. The molecule has 2 heterocycles. The van der Waals surface area contributed by atoms with Gasteiger partial charge in [0.05, 0.1) is 17.9 Å². The summed E-state index contributed by atoms with van der Waals surface area (Å²) < 4.78 is 1.58. The Hall–Kier alpha value is -1.58. The molecule has 50 valence electrons. The van der Waals surface area contributed by atoms with Crippen molar-refractivity contribution in [2.24, 2.45) is 0 Å². The molecular formula is C6H5N3O. The summed E-state index contributed by atoms with van der Waals surface area (Å²) in [6.45, 7) is 0. The van der Waals surface area contributed by atoms with E-state index < -0.39 is 0 Å². The fourth-order valence-electron chi connectivity index (χ4n) is 0.809. The van der Waals surface area contributed by atoms with Crippen molar-refractivity contribution in [1.29, 1.82) is 0 Å². The van der Waals surface area contributed by atoms with Crippen molar-refractivity contribution >= 4 is 5.52 Å². The Morgan fingerprint density at radius 1 is 1.40 bits per heavy atom. The molecule has 0 unspecified atom stereocenters. The van der Waals surface area contributed by atoms with E-state index >= 15 is 0 Å². The monoisotopic (exact) mass is 135 g/mol.